The predicted molar refractivity (Wildman–Crippen MR) is 92.5 cm³/mol. The Bertz CT molecular complexity index is 598. The van der Waals surface area contributed by atoms with E-state index < -0.39 is 0 Å². The van der Waals surface area contributed by atoms with Gasteiger partial charge in [-0.1, -0.05) is 13.8 Å². The summed E-state index contributed by atoms with van der Waals surface area (Å²) < 4.78 is 14.6. The molecule has 1 heterocycles. The lowest BCUT2D eigenvalue weighted by Crippen LogP contribution is -2.24. The van der Waals surface area contributed by atoms with E-state index in [1.165, 1.54) is 10.9 Å². The second kappa shape index (κ2) is 7.38. The number of benzene rings is 1. The highest BCUT2D eigenvalue weighted by molar-refractivity contribution is 9.10. The number of nitrogens with one attached hydrogen (secondary N) is 1. The first-order valence-corrected chi connectivity index (χ1v) is 8.59. The highest BCUT2D eigenvalue weighted by Crippen LogP contribution is 2.26. The summed E-state index contributed by atoms with van der Waals surface area (Å²) in [4.78, 5) is 3.44. The van der Waals surface area contributed by atoms with Crippen molar-refractivity contribution in [1.82, 2.24) is 5.32 Å². The lowest BCUT2D eigenvalue weighted by atomic mass is 10.1. The van der Waals surface area contributed by atoms with Crippen molar-refractivity contribution in [2.45, 2.75) is 33.0 Å². The molecule has 2 nitrogen and oxygen atoms in total. The fourth-order valence-corrected chi connectivity index (χ4v) is 3.64. The van der Waals surface area contributed by atoms with Crippen LogP contribution in [0.1, 0.15) is 24.3 Å². The second-order valence-corrected chi connectivity index (χ2v) is 7.31. The van der Waals surface area contributed by atoms with Crippen LogP contribution >= 0.6 is 27.3 Å². The summed E-state index contributed by atoms with van der Waals surface area (Å²) in [6.07, 6.45) is 0. The van der Waals surface area contributed by atoms with Crippen molar-refractivity contribution in [3.8, 4) is 0 Å². The lowest BCUT2D eigenvalue weighted by Gasteiger charge is -2.23. The first-order valence-electron chi connectivity index (χ1n) is 6.91. The third-order valence-corrected chi connectivity index (χ3v) is 4.85. The average molecular weight is 371 g/mol. The fourth-order valence-electron chi connectivity index (χ4n) is 2.14. The van der Waals surface area contributed by atoms with Crippen LogP contribution in [0.2, 0.25) is 0 Å². The van der Waals surface area contributed by atoms with E-state index in [2.05, 4.69) is 51.4 Å². The zero-order valence-electron chi connectivity index (χ0n) is 12.5. The molecule has 2 aromatic rings. The first-order chi connectivity index (χ1) is 9.95. The molecule has 0 unspecified atom stereocenters. The molecule has 0 saturated carbocycles. The predicted octanol–water partition coefficient (Wildman–Crippen LogP) is 4.78. The van der Waals surface area contributed by atoms with Gasteiger partial charge < -0.3 is 10.2 Å². The molecule has 1 aromatic heterocycles. The molecule has 5 heteroatoms. The van der Waals surface area contributed by atoms with Crippen LogP contribution in [0.4, 0.5) is 10.1 Å². The summed E-state index contributed by atoms with van der Waals surface area (Å²) >= 11 is 5.20. The summed E-state index contributed by atoms with van der Waals surface area (Å²) in [6.45, 7) is 5.66. The average Bonchev–Trinajstić information content (AvgIpc) is 2.81. The normalized spacial score (nSPS) is 11.1. The van der Waals surface area contributed by atoms with Gasteiger partial charge in [0.25, 0.3) is 0 Å². The van der Waals surface area contributed by atoms with Crippen LogP contribution in [0.25, 0.3) is 0 Å². The molecule has 2 rings (SSSR count). The molecular weight excluding hydrogens is 351 g/mol. The van der Waals surface area contributed by atoms with Gasteiger partial charge >= 0.3 is 0 Å². The maximum Gasteiger partial charge on any atom is 0.123 e. The number of anilines is 1. The van der Waals surface area contributed by atoms with E-state index >= 15 is 0 Å². The number of halogens is 2. The molecule has 0 aliphatic heterocycles. The molecule has 0 fully saturated rings. The molecule has 21 heavy (non-hydrogen) atoms. The molecule has 0 atom stereocenters. The minimum absolute atomic E-state index is 0.188. The monoisotopic (exact) mass is 370 g/mol. The molecule has 0 bridgehead atoms. The SMILES string of the molecule is CC(C)NCc1cc(F)ccc1N(C)Cc1cc(Br)cs1. The Balaban J connectivity index is 2.16. The smallest absolute Gasteiger partial charge is 0.123 e. The van der Waals surface area contributed by atoms with E-state index in [0.29, 0.717) is 12.6 Å². The Labute approximate surface area is 138 Å². The van der Waals surface area contributed by atoms with Crippen LogP contribution in [0.5, 0.6) is 0 Å². The second-order valence-electron chi connectivity index (χ2n) is 5.40. The largest absolute Gasteiger partial charge is 0.369 e. The highest BCUT2D eigenvalue weighted by Gasteiger charge is 2.11. The van der Waals surface area contributed by atoms with E-state index in [4.69, 9.17) is 0 Å². The minimum atomic E-state index is -0.188. The number of hydrogen-bond donors (Lipinski definition) is 1. The van der Waals surface area contributed by atoms with E-state index in [0.717, 1.165) is 22.3 Å². The molecule has 1 aromatic carbocycles. The maximum atomic E-state index is 13.5. The number of hydrogen-bond acceptors (Lipinski definition) is 3. The first kappa shape index (κ1) is 16.5. The van der Waals surface area contributed by atoms with E-state index in [-0.39, 0.29) is 5.82 Å². The molecule has 1 N–H and O–H groups in total. The quantitative estimate of drug-likeness (QED) is 0.786. The van der Waals surface area contributed by atoms with Gasteiger partial charge in [-0.2, -0.15) is 0 Å². The van der Waals surface area contributed by atoms with Gasteiger partial charge in [0.05, 0.1) is 6.54 Å². The standard InChI is InChI=1S/C16H20BrFN2S/c1-11(2)19-8-12-6-14(18)4-5-16(12)20(3)9-15-7-13(17)10-21-15/h4-7,10-11,19H,8-9H2,1-3H3. The Kier molecular flexibility index (Phi) is 5.79. The summed E-state index contributed by atoms with van der Waals surface area (Å²) in [5, 5.41) is 5.43. The van der Waals surface area contributed by atoms with Gasteiger partial charge in [0, 0.05) is 40.1 Å². The van der Waals surface area contributed by atoms with Crippen molar-refractivity contribution in [1.29, 1.82) is 0 Å². The van der Waals surface area contributed by atoms with Gasteiger partial charge in [-0.05, 0) is 45.8 Å². The van der Waals surface area contributed by atoms with E-state index in [9.17, 15) is 4.39 Å². The van der Waals surface area contributed by atoms with Crippen LogP contribution in [-0.2, 0) is 13.1 Å². The molecule has 114 valence electrons. The molecule has 0 aliphatic rings. The number of nitrogens with zero attached hydrogens (tertiary/aromatic N) is 1. The Morgan fingerprint density at radius 3 is 2.71 bits per heavy atom. The van der Waals surface area contributed by atoms with Crippen LogP contribution in [0.3, 0.4) is 0 Å². The van der Waals surface area contributed by atoms with E-state index in [1.807, 2.05) is 13.1 Å². The third kappa shape index (κ3) is 4.80. The molecule has 0 radical (unpaired) electrons. The molecule has 0 spiro atoms. The number of thiophene rings is 1. The van der Waals surface area contributed by atoms with Crippen LogP contribution < -0.4 is 10.2 Å². The van der Waals surface area contributed by atoms with Crippen molar-refractivity contribution in [3.63, 3.8) is 0 Å². The summed E-state index contributed by atoms with van der Waals surface area (Å²) in [6, 6.07) is 7.49. The van der Waals surface area contributed by atoms with Crippen LogP contribution in [-0.4, -0.2) is 13.1 Å². The molecular formula is C16H20BrFN2S. The van der Waals surface area contributed by atoms with Gasteiger partial charge in [-0.15, -0.1) is 11.3 Å². The van der Waals surface area contributed by atoms with E-state index in [1.54, 1.807) is 17.4 Å². The Morgan fingerprint density at radius 2 is 2.10 bits per heavy atom. The zero-order chi connectivity index (χ0) is 15.4. The Morgan fingerprint density at radius 1 is 1.33 bits per heavy atom. The third-order valence-electron chi connectivity index (χ3n) is 3.17. The molecule has 0 amide bonds. The summed E-state index contributed by atoms with van der Waals surface area (Å²) in [7, 11) is 2.04. The summed E-state index contributed by atoms with van der Waals surface area (Å²) in [5.41, 5.74) is 2.05. The van der Waals surface area contributed by atoms with Gasteiger partial charge in [0.1, 0.15) is 5.82 Å². The highest BCUT2D eigenvalue weighted by atomic mass is 79.9. The topological polar surface area (TPSA) is 15.3 Å². The van der Waals surface area contributed by atoms with Crippen molar-refractivity contribution in [3.05, 3.63) is 50.4 Å². The fraction of sp³-hybridized carbons (Fsp3) is 0.375. The van der Waals surface area contributed by atoms with Gasteiger partial charge in [-0.25, -0.2) is 4.39 Å². The van der Waals surface area contributed by atoms with Crippen molar-refractivity contribution in [2.24, 2.45) is 0 Å². The van der Waals surface area contributed by atoms with Crippen LogP contribution in [0, 0.1) is 5.82 Å². The lowest BCUT2D eigenvalue weighted by molar-refractivity contribution is 0.581. The minimum Gasteiger partial charge on any atom is -0.369 e. The van der Waals surface area contributed by atoms with Crippen LogP contribution in [0.15, 0.2) is 34.1 Å². The number of rotatable bonds is 6. The zero-order valence-corrected chi connectivity index (χ0v) is 14.9. The van der Waals surface area contributed by atoms with Crippen molar-refractivity contribution < 1.29 is 4.39 Å². The summed E-state index contributed by atoms with van der Waals surface area (Å²) in [5.74, 6) is -0.188. The molecule has 0 saturated heterocycles. The van der Waals surface area contributed by atoms with Crippen molar-refractivity contribution >= 4 is 33.0 Å². The van der Waals surface area contributed by atoms with Gasteiger partial charge in [-0.3, -0.25) is 0 Å². The maximum absolute atomic E-state index is 13.5. The Hall–Kier alpha value is -0.910. The van der Waals surface area contributed by atoms with Gasteiger partial charge in [0.15, 0.2) is 0 Å². The van der Waals surface area contributed by atoms with Gasteiger partial charge in [0.2, 0.25) is 0 Å². The van der Waals surface area contributed by atoms with Crippen molar-refractivity contribution in [2.75, 3.05) is 11.9 Å². The molecule has 0 aliphatic carbocycles.